The average Bonchev–Trinajstić information content (AvgIpc) is 2.73. The van der Waals surface area contributed by atoms with Gasteiger partial charge in [-0.25, -0.2) is 0 Å². The topological polar surface area (TPSA) is 54.9 Å². The van der Waals surface area contributed by atoms with Crippen molar-refractivity contribution in [3.05, 3.63) is 71.8 Å². The van der Waals surface area contributed by atoms with Crippen LogP contribution < -0.4 is 20.1 Å². The van der Waals surface area contributed by atoms with Gasteiger partial charge in [0, 0.05) is 20.1 Å². The molecule has 6 heteroatoms. The van der Waals surface area contributed by atoms with Crippen LogP contribution in [0.3, 0.4) is 0 Å². The quantitative estimate of drug-likeness (QED) is 0.306. The van der Waals surface area contributed by atoms with Gasteiger partial charge in [0.2, 0.25) is 0 Å². The molecule has 0 aliphatic carbocycles. The third-order valence-electron chi connectivity index (χ3n) is 4.39. The van der Waals surface area contributed by atoms with Crippen LogP contribution in [0.5, 0.6) is 11.5 Å². The lowest BCUT2D eigenvalue weighted by molar-refractivity contribution is 0.414. The number of nitrogens with zero attached hydrogens (tertiary/aromatic N) is 1. The van der Waals surface area contributed by atoms with Crippen molar-refractivity contribution in [2.75, 3.05) is 21.3 Å². The first kappa shape index (κ1) is 21.8. The molecule has 0 saturated heterocycles. The van der Waals surface area contributed by atoms with E-state index in [4.69, 9.17) is 9.47 Å². The van der Waals surface area contributed by atoms with Gasteiger partial charge >= 0.3 is 0 Å². The standard InChI is InChI=1S/C22H25N3O2.HI/c1-23-22(24-14-16-5-4-6-20(12-16)26-2)25-15-17-7-8-19-13-21(27-3)10-9-18(19)11-17;/h4-13H,14-15H2,1-3H3,(H2,23,24,25);1H. The van der Waals surface area contributed by atoms with Gasteiger partial charge in [-0.1, -0.05) is 30.3 Å². The maximum Gasteiger partial charge on any atom is 0.191 e. The van der Waals surface area contributed by atoms with Gasteiger partial charge in [0.1, 0.15) is 11.5 Å². The summed E-state index contributed by atoms with van der Waals surface area (Å²) in [5.41, 5.74) is 2.33. The Kier molecular flexibility index (Phi) is 8.38. The van der Waals surface area contributed by atoms with Crippen LogP contribution in [0.2, 0.25) is 0 Å². The Morgan fingerprint density at radius 3 is 2.07 bits per heavy atom. The molecule has 0 aliphatic heterocycles. The molecule has 0 aliphatic rings. The highest BCUT2D eigenvalue weighted by Gasteiger charge is 2.02. The number of halogens is 1. The van der Waals surface area contributed by atoms with Crippen LogP contribution in [0.1, 0.15) is 11.1 Å². The zero-order valence-corrected chi connectivity index (χ0v) is 18.7. The first-order chi connectivity index (χ1) is 13.2. The minimum absolute atomic E-state index is 0. The largest absolute Gasteiger partial charge is 0.497 e. The minimum atomic E-state index is 0. The summed E-state index contributed by atoms with van der Waals surface area (Å²) in [6, 6.07) is 20.5. The molecule has 2 N–H and O–H groups in total. The first-order valence-corrected chi connectivity index (χ1v) is 8.86. The van der Waals surface area contributed by atoms with Crippen molar-refractivity contribution in [2.24, 2.45) is 4.99 Å². The van der Waals surface area contributed by atoms with E-state index in [1.807, 2.05) is 30.3 Å². The van der Waals surface area contributed by atoms with E-state index < -0.39 is 0 Å². The lowest BCUT2D eigenvalue weighted by atomic mass is 10.1. The summed E-state index contributed by atoms with van der Waals surface area (Å²) in [6.07, 6.45) is 0. The third-order valence-corrected chi connectivity index (χ3v) is 4.39. The average molecular weight is 491 g/mol. The van der Waals surface area contributed by atoms with Crippen LogP contribution in [0.4, 0.5) is 0 Å². The van der Waals surface area contributed by atoms with Crippen molar-refractivity contribution in [2.45, 2.75) is 13.1 Å². The number of nitrogens with one attached hydrogen (secondary N) is 2. The van der Waals surface area contributed by atoms with Crippen molar-refractivity contribution < 1.29 is 9.47 Å². The van der Waals surface area contributed by atoms with Crippen molar-refractivity contribution >= 4 is 40.7 Å². The highest BCUT2D eigenvalue weighted by Crippen LogP contribution is 2.21. The maximum atomic E-state index is 5.28. The molecule has 0 amide bonds. The predicted molar refractivity (Wildman–Crippen MR) is 126 cm³/mol. The van der Waals surface area contributed by atoms with E-state index in [2.05, 4.69) is 46.0 Å². The molecule has 28 heavy (non-hydrogen) atoms. The zero-order valence-electron chi connectivity index (χ0n) is 16.4. The zero-order chi connectivity index (χ0) is 19.1. The number of hydrogen-bond donors (Lipinski definition) is 2. The molecule has 0 radical (unpaired) electrons. The van der Waals surface area contributed by atoms with Gasteiger partial charge in [0.05, 0.1) is 14.2 Å². The van der Waals surface area contributed by atoms with Crippen LogP contribution in [0.25, 0.3) is 10.8 Å². The molecule has 148 valence electrons. The molecule has 0 heterocycles. The number of ether oxygens (including phenoxy) is 2. The second-order valence-electron chi connectivity index (χ2n) is 6.18. The smallest absolute Gasteiger partial charge is 0.191 e. The Labute approximate surface area is 183 Å². The van der Waals surface area contributed by atoms with Crippen LogP contribution >= 0.6 is 24.0 Å². The number of guanidine groups is 1. The fourth-order valence-electron chi connectivity index (χ4n) is 2.88. The normalized spacial score (nSPS) is 10.9. The number of aliphatic imine (C=N–C) groups is 1. The van der Waals surface area contributed by atoms with Crippen molar-refractivity contribution in [1.29, 1.82) is 0 Å². The molecule has 3 aromatic carbocycles. The summed E-state index contributed by atoms with van der Waals surface area (Å²) in [4.78, 5) is 4.29. The number of rotatable bonds is 6. The summed E-state index contributed by atoms with van der Waals surface area (Å²) in [7, 11) is 5.13. The van der Waals surface area contributed by atoms with Gasteiger partial charge < -0.3 is 20.1 Å². The Morgan fingerprint density at radius 1 is 0.786 bits per heavy atom. The van der Waals surface area contributed by atoms with Crippen LogP contribution in [-0.2, 0) is 13.1 Å². The van der Waals surface area contributed by atoms with Gasteiger partial charge in [-0.05, 0) is 52.2 Å². The molecular formula is C22H26IN3O2. The Bertz CT molecular complexity index is 944. The van der Waals surface area contributed by atoms with E-state index in [9.17, 15) is 0 Å². The van der Waals surface area contributed by atoms with Crippen molar-refractivity contribution in [1.82, 2.24) is 10.6 Å². The Balaban J connectivity index is 0.00000280. The van der Waals surface area contributed by atoms with Gasteiger partial charge in [-0.3, -0.25) is 4.99 Å². The number of fused-ring (bicyclic) bond motifs is 1. The lowest BCUT2D eigenvalue weighted by Crippen LogP contribution is -2.36. The van der Waals surface area contributed by atoms with E-state index in [1.165, 1.54) is 16.3 Å². The second kappa shape index (κ2) is 10.8. The highest BCUT2D eigenvalue weighted by atomic mass is 127. The van der Waals surface area contributed by atoms with Crippen LogP contribution in [-0.4, -0.2) is 27.2 Å². The van der Waals surface area contributed by atoms with E-state index >= 15 is 0 Å². The van der Waals surface area contributed by atoms with Gasteiger partial charge in [0.25, 0.3) is 0 Å². The molecule has 5 nitrogen and oxygen atoms in total. The third kappa shape index (κ3) is 5.76. The monoisotopic (exact) mass is 491 g/mol. The second-order valence-corrected chi connectivity index (χ2v) is 6.18. The molecule has 0 atom stereocenters. The molecule has 0 unspecified atom stereocenters. The van der Waals surface area contributed by atoms with E-state index in [-0.39, 0.29) is 24.0 Å². The molecule has 3 rings (SSSR count). The fraction of sp³-hybridized carbons (Fsp3) is 0.227. The van der Waals surface area contributed by atoms with Gasteiger partial charge in [-0.2, -0.15) is 0 Å². The molecule has 0 bridgehead atoms. The van der Waals surface area contributed by atoms with Crippen molar-refractivity contribution in [3.8, 4) is 11.5 Å². The van der Waals surface area contributed by atoms with Gasteiger partial charge in [0.15, 0.2) is 5.96 Å². The first-order valence-electron chi connectivity index (χ1n) is 8.86. The molecule has 0 spiro atoms. The van der Waals surface area contributed by atoms with E-state index in [1.54, 1.807) is 21.3 Å². The van der Waals surface area contributed by atoms with Crippen molar-refractivity contribution in [3.63, 3.8) is 0 Å². The molecular weight excluding hydrogens is 465 g/mol. The molecule has 3 aromatic rings. The summed E-state index contributed by atoms with van der Waals surface area (Å²) < 4.78 is 10.5. The predicted octanol–water partition coefficient (Wildman–Crippen LogP) is 4.34. The Morgan fingerprint density at radius 2 is 1.39 bits per heavy atom. The minimum Gasteiger partial charge on any atom is -0.497 e. The maximum absolute atomic E-state index is 5.28. The molecule has 0 saturated carbocycles. The van der Waals surface area contributed by atoms with E-state index in [0.29, 0.717) is 13.1 Å². The fourth-order valence-corrected chi connectivity index (χ4v) is 2.88. The summed E-state index contributed by atoms with van der Waals surface area (Å²) in [6.45, 7) is 1.37. The molecule has 0 fully saturated rings. The Hall–Kier alpha value is -2.48. The highest BCUT2D eigenvalue weighted by molar-refractivity contribution is 14.0. The van der Waals surface area contributed by atoms with E-state index in [0.717, 1.165) is 23.0 Å². The summed E-state index contributed by atoms with van der Waals surface area (Å²) in [5.74, 6) is 2.48. The number of benzene rings is 3. The van der Waals surface area contributed by atoms with Crippen LogP contribution in [0, 0.1) is 0 Å². The van der Waals surface area contributed by atoms with Crippen LogP contribution in [0.15, 0.2) is 65.7 Å². The molecule has 0 aromatic heterocycles. The van der Waals surface area contributed by atoms with Gasteiger partial charge in [-0.15, -0.1) is 24.0 Å². The SMILES string of the molecule is CN=C(NCc1cccc(OC)c1)NCc1ccc2cc(OC)ccc2c1.I. The lowest BCUT2D eigenvalue weighted by Gasteiger charge is -2.13. The number of hydrogen-bond acceptors (Lipinski definition) is 3. The summed E-state index contributed by atoms with van der Waals surface area (Å²) in [5, 5.41) is 9.04. The number of methoxy groups -OCH3 is 2. The summed E-state index contributed by atoms with van der Waals surface area (Å²) >= 11 is 0.